The number of furan rings is 1. The van der Waals surface area contributed by atoms with Crippen LogP contribution in [-0.2, 0) is 6.42 Å². The Hall–Kier alpha value is -1.28. The molecule has 2 heteroatoms. The molecule has 0 fully saturated rings. The first-order valence-electron chi connectivity index (χ1n) is 6.45. The quantitative estimate of drug-likeness (QED) is 0.837. The second-order valence-corrected chi connectivity index (χ2v) is 4.55. The second-order valence-electron chi connectivity index (χ2n) is 4.55. The Morgan fingerprint density at radius 3 is 2.76 bits per heavy atom. The summed E-state index contributed by atoms with van der Waals surface area (Å²) in [6.45, 7) is 4.15. The van der Waals surface area contributed by atoms with Crippen LogP contribution in [0.25, 0.3) is 11.0 Å². The van der Waals surface area contributed by atoms with E-state index >= 15 is 0 Å². The van der Waals surface area contributed by atoms with Crippen molar-refractivity contribution in [2.24, 2.45) is 0 Å². The lowest BCUT2D eigenvalue weighted by Gasteiger charge is -2.00. The van der Waals surface area contributed by atoms with Gasteiger partial charge in [-0.25, -0.2) is 0 Å². The zero-order valence-electron chi connectivity index (χ0n) is 10.6. The van der Waals surface area contributed by atoms with Gasteiger partial charge in [0.1, 0.15) is 17.4 Å². The lowest BCUT2D eigenvalue weighted by Crippen LogP contribution is -1.90. The molecular formula is C15H20O2. The summed E-state index contributed by atoms with van der Waals surface area (Å²) >= 11 is 0. The number of aliphatic hydroxyl groups excluding tert-OH is 1. The molecule has 0 spiro atoms. The molecule has 1 unspecified atom stereocenters. The Morgan fingerprint density at radius 2 is 2.06 bits per heavy atom. The molecule has 1 heterocycles. The normalized spacial score (nSPS) is 13.1. The Labute approximate surface area is 102 Å². The van der Waals surface area contributed by atoms with Gasteiger partial charge in [-0.05, 0) is 43.0 Å². The van der Waals surface area contributed by atoms with Crippen LogP contribution in [0.3, 0.4) is 0 Å². The van der Waals surface area contributed by atoms with E-state index < -0.39 is 6.10 Å². The molecule has 0 aliphatic heterocycles. The minimum absolute atomic E-state index is 0.485. The highest BCUT2D eigenvalue weighted by molar-refractivity contribution is 5.78. The van der Waals surface area contributed by atoms with Gasteiger partial charge in [0, 0.05) is 5.39 Å². The van der Waals surface area contributed by atoms with Gasteiger partial charge in [-0.15, -0.1) is 0 Å². The van der Waals surface area contributed by atoms with Crippen molar-refractivity contribution in [3.8, 4) is 0 Å². The Balaban J connectivity index is 2.27. The van der Waals surface area contributed by atoms with Gasteiger partial charge >= 0.3 is 0 Å². The van der Waals surface area contributed by atoms with E-state index in [4.69, 9.17) is 4.42 Å². The van der Waals surface area contributed by atoms with Crippen LogP contribution in [0, 0.1) is 0 Å². The van der Waals surface area contributed by atoms with Gasteiger partial charge in [-0.1, -0.05) is 26.3 Å². The molecule has 0 saturated heterocycles. The third-order valence-corrected chi connectivity index (χ3v) is 3.13. The van der Waals surface area contributed by atoms with Crippen molar-refractivity contribution in [1.82, 2.24) is 0 Å². The SMILES string of the molecule is CCCCc1ccc2oc(C(O)CC)cc2c1. The van der Waals surface area contributed by atoms with E-state index in [1.807, 2.05) is 19.1 Å². The summed E-state index contributed by atoms with van der Waals surface area (Å²) in [4.78, 5) is 0. The number of aliphatic hydroxyl groups is 1. The monoisotopic (exact) mass is 232 g/mol. The maximum atomic E-state index is 9.75. The predicted octanol–water partition coefficient (Wildman–Crippen LogP) is 4.22. The zero-order chi connectivity index (χ0) is 12.3. The van der Waals surface area contributed by atoms with Gasteiger partial charge in [-0.2, -0.15) is 0 Å². The second kappa shape index (κ2) is 5.37. The van der Waals surface area contributed by atoms with Crippen LogP contribution in [0.15, 0.2) is 28.7 Å². The fourth-order valence-corrected chi connectivity index (χ4v) is 2.02. The topological polar surface area (TPSA) is 33.4 Å². The van der Waals surface area contributed by atoms with E-state index in [0.29, 0.717) is 12.2 Å². The largest absolute Gasteiger partial charge is 0.458 e. The number of unbranched alkanes of at least 4 members (excludes halogenated alkanes) is 1. The molecular weight excluding hydrogens is 212 g/mol. The van der Waals surface area contributed by atoms with E-state index in [-0.39, 0.29) is 0 Å². The van der Waals surface area contributed by atoms with Crippen LogP contribution in [0.4, 0.5) is 0 Å². The average molecular weight is 232 g/mol. The molecule has 0 aliphatic carbocycles. The van der Waals surface area contributed by atoms with Crippen LogP contribution in [-0.4, -0.2) is 5.11 Å². The molecule has 92 valence electrons. The van der Waals surface area contributed by atoms with Crippen LogP contribution in [0.5, 0.6) is 0 Å². The first-order valence-corrected chi connectivity index (χ1v) is 6.45. The summed E-state index contributed by atoms with van der Waals surface area (Å²) < 4.78 is 5.63. The van der Waals surface area contributed by atoms with Crippen molar-refractivity contribution in [3.63, 3.8) is 0 Å². The van der Waals surface area contributed by atoms with Crippen LogP contribution in [0.2, 0.25) is 0 Å². The van der Waals surface area contributed by atoms with Crippen molar-refractivity contribution >= 4 is 11.0 Å². The molecule has 0 radical (unpaired) electrons. The van der Waals surface area contributed by atoms with Crippen molar-refractivity contribution < 1.29 is 9.52 Å². The lowest BCUT2D eigenvalue weighted by atomic mass is 10.1. The van der Waals surface area contributed by atoms with E-state index in [0.717, 1.165) is 17.4 Å². The van der Waals surface area contributed by atoms with Gasteiger partial charge in [0.25, 0.3) is 0 Å². The molecule has 1 atom stereocenters. The smallest absolute Gasteiger partial charge is 0.134 e. The maximum Gasteiger partial charge on any atom is 0.134 e. The highest BCUT2D eigenvalue weighted by Crippen LogP contribution is 2.26. The number of rotatable bonds is 5. The molecule has 1 aromatic heterocycles. The van der Waals surface area contributed by atoms with Gasteiger partial charge in [-0.3, -0.25) is 0 Å². The van der Waals surface area contributed by atoms with E-state index in [9.17, 15) is 5.11 Å². The van der Waals surface area contributed by atoms with Crippen LogP contribution < -0.4 is 0 Å². The average Bonchev–Trinajstić information content (AvgIpc) is 2.78. The van der Waals surface area contributed by atoms with Crippen molar-refractivity contribution in [1.29, 1.82) is 0 Å². The Kier molecular flexibility index (Phi) is 3.85. The maximum absolute atomic E-state index is 9.75. The van der Waals surface area contributed by atoms with E-state index in [2.05, 4.69) is 19.1 Å². The fraction of sp³-hybridized carbons (Fsp3) is 0.467. The van der Waals surface area contributed by atoms with Crippen molar-refractivity contribution in [2.45, 2.75) is 45.6 Å². The molecule has 0 amide bonds. The van der Waals surface area contributed by atoms with Crippen LogP contribution in [0.1, 0.15) is 50.5 Å². The summed E-state index contributed by atoms with van der Waals surface area (Å²) in [7, 11) is 0. The fourth-order valence-electron chi connectivity index (χ4n) is 2.02. The highest BCUT2D eigenvalue weighted by atomic mass is 16.4. The molecule has 2 aromatic rings. The summed E-state index contributed by atoms with van der Waals surface area (Å²) in [6.07, 6.45) is 3.74. The summed E-state index contributed by atoms with van der Waals surface area (Å²) in [5.41, 5.74) is 2.21. The third kappa shape index (κ3) is 2.70. The number of benzene rings is 1. The Morgan fingerprint density at radius 1 is 1.24 bits per heavy atom. The van der Waals surface area contributed by atoms with Gasteiger partial charge in [0.05, 0.1) is 0 Å². The van der Waals surface area contributed by atoms with Gasteiger partial charge < -0.3 is 9.52 Å². The molecule has 2 rings (SSSR count). The minimum Gasteiger partial charge on any atom is -0.458 e. The highest BCUT2D eigenvalue weighted by Gasteiger charge is 2.11. The first-order chi connectivity index (χ1) is 8.24. The van der Waals surface area contributed by atoms with E-state index in [1.54, 1.807) is 0 Å². The summed E-state index contributed by atoms with van der Waals surface area (Å²) in [5, 5.41) is 10.8. The number of hydrogen-bond donors (Lipinski definition) is 1. The standard InChI is InChI=1S/C15H20O2/c1-3-5-6-11-7-8-14-12(9-11)10-15(17-14)13(16)4-2/h7-10,13,16H,3-6H2,1-2H3. The van der Waals surface area contributed by atoms with Crippen LogP contribution >= 0.6 is 0 Å². The minimum atomic E-state index is -0.485. The van der Waals surface area contributed by atoms with Gasteiger partial charge in [0.2, 0.25) is 0 Å². The van der Waals surface area contributed by atoms with Gasteiger partial charge in [0.15, 0.2) is 0 Å². The summed E-state index contributed by atoms with van der Waals surface area (Å²) in [5.74, 6) is 0.676. The number of aryl methyl sites for hydroxylation is 1. The lowest BCUT2D eigenvalue weighted by molar-refractivity contribution is 0.148. The third-order valence-electron chi connectivity index (χ3n) is 3.13. The van der Waals surface area contributed by atoms with Crippen molar-refractivity contribution in [3.05, 3.63) is 35.6 Å². The molecule has 0 aliphatic rings. The van der Waals surface area contributed by atoms with Crippen molar-refractivity contribution in [2.75, 3.05) is 0 Å². The zero-order valence-corrected chi connectivity index (χ0v) is 10.6. The molecule has 0 saturated carbocycles. The Bertz CT molecular complexity index is 485. The molecule has 2 nitrogen and oxygen atoms in total. The predicted molar refractivity (Wildman–Crippen MR) is 70.1 cm³/mol. The molecule has 17 heavy (non-hydrogen) atoms. The molecule has 1 aromatic carbocycles. The molecule has 0 bridgehead atoms. The first kappa shape index (κ1) is 12.2. The summed E-state index contributed by atoms with van der Waals surface area (Å²) in [6, 6.07) is 8.25. The van der Waals surface area contributed by atoms with E-state index in [1.165, 1.54) is 18.4 Å². The number of hydrogen-bond acceptors (Lipinski definition) is 2. The number of fused-ring (bicyclic) bond motifs is 1. The molecule has 1 N–H and O–H groups in total.